The highest BCUT2D eigenvalue weighted by molar-refractivity contribution is 5.14. The van der Waals surface area contributed by atoms with Gasteiger partial charge in [-0.15, -0.1) is 0 Å². The molecule has 0 radical (unpaired) electrons. The third-order valence-electron chi connectivity index (χ3n) is 3.11. The van der Waals surface area contributed by atoms with Crippen LogP contribution in [0.15, 0.2) is 12.4 Å². The molecule has 2 rings (SSSR count). The van der Waals surface area contributed by atoms with Gasteiger partial charge in [-0.2, -0.15) is 5.10 Å². The number of nitrogens with zero attached hydrogens (tertiary/aromatic N) is 2. The molecule has 1 heterocycles. The SMILES string of the molecule is CCn1cc(OC2CC(NC)C2OC)cn1. The molecule has 0 bridgehead atoms. The number of hydrogen-bond donors (Lipinski definition) is 1. The maximum atomic E-state index is 5.82. The van der Waals surface area contributed by atoms with Crippen LogP contribution in [0, 0.1) is 0 Å². The summed E-state index contributed by atoms with van der Waals surface area (Å²) in [5.41, 5.74) is 0. The molecule has 1 aliphatic rings. The van der Waals surface area contributed by atoms with Crippen molar-refractivity contribution in [2.75, 3.05) is 14.2 Å². The summed E-state index contributed by atoms with van der Waals surface area (Å²) in [7, 11) is 3.67. The lowest BCUT2D eigenvalue weighted by Crippen LogP contribution is -2.60. The van der Waals surface area contributed by atoms with Crippen molar-refractivity contribution in [1.29, 1.82) is 0 Å². The molecule has 0 saturated heterocycles. The van der Waals surface area contributed by atoms with Gasteiger partial charge in [-0.25, -0.2) is 0 Å². The van der Waals surface area contributed by atoms with E-state index in [1.807, 2.05) is 17.9 Å². The lowest BCUT2D eigenvalue weighted by Gasteiger charge is -2.42. The third kappa shape index (κ3) is 2.05. The molecule has 1 fully saturated rings. The first-order valence-electron chi connectivity index (χ1n) is 5.67. The Kier molecular flexibility index (Phi) is 3.46. The minimum Gasteiger partial charge on any atom is -0.484 e. The number of aromatic nitrogens is 2. The lowest BCUT2D eigenvalue weighted by molar-refractivity contribution is -0.0869. The molecule has 5 nitrogen and oxygen atoms in total. The Bertz CT molecular complexity index is 340. The molecule has 1 N–H and O–H groups in total. The predicted octanol–water partition coefficient (Wildman–Crippen LogP) is 0.657. The molecule has 0 spiro atoms. The van der Waals surface area contributed by atoms with E-state index in [4.69, 9.17) is 9.47 Å². The van der Waals surface area contributed by atoms with Crippen LogP contribution in [0.25, 0.3) is 0 Å². The maximum absolute atomic E-state index is 5.82. The molecule has 1 aromatic heterocycles. The van der Waals surface area contributed by atoms with Crippen molar-refractivity contribution >= 4 is 0 Å². The average molecular weight is 225 g/mol. The fourth-order valence-electron chi connectivity index (χ4n) is 2.05. The van der Waals surface area contributed by atoms with Gasteiger partial charge in [0.2, 0.25) is 0 Å². The number of aryl methyl sites for hydroxylation is 1. The number of hydrogen-bond acceptors (Lipinski definition) is 4. The molecule has 90 valence electrons. The van der Waals surface area contributed by atoms with Gasteiger partial charge >= 0.3 is 0 Å². The highest BCUT2D eigenvalue weighted by atomic mass is 16.5. The fourth-order valence-corrected chi connectivity index (χ4v) is 2.05. The smallest absolute Gasteiger partial charge is 0.157 e. The molecular formula is C11H19N3O2. The van der Waals surface area contributed by atoms with Crippen molar-refractivity contribution in [3.8, 4) is 5.75 Å². The van der Waals surface area contributed by atoms with Gasteiger partial charge in [0, 0.05) is 26.1 Å². The van der Waals surface area contributed by atoms with Gasteiger partial charge in [-0.3, -0.25) is 4.68 Å². The minimum absolute atomic E-state index is 0.134. The van der Waals surface area contributed by atoms with Crippen LogP contribution >= 0.6 is 0 Å². The van der Waals surface area contributed by atoms with Crippen molar-refractivity contribution in [3.05, 3.63) is 12.4 Å². The van der Waals surface area contributed by atoms with Crippen LogP contribution in [0.3, 0.4) is 0 Å². The maximum Gasteiger partial charge on any atom is 0.157 e. The molecule has 3 atom stereocenters. The Hall–Kier alpha value is -1.07. The Balaban J connectivity index is 1.91. The first-order valence-corrected chi connectivity index (χ1v) is 5.67. The first-order chi connectivity index (χ1) is 7.78. The highest BCUT2D eigenvalue weighted by Gasteiger charge is 2.42. The molecule has 3 unspecified atom stereocenters. The summed E-state index contributed by atoms with van der Waals surface area (Å²) in [6.45, 7) is 2.91. The quantitative estimate of drug-likeness (QED) is 0.799. The first kappa shape index (κ1) is 11.4. The van der Waals surface area contributed by atoms with Crippen LogP contribution in [-0.4, -0.2) is 42.2 Å². The van der Waals surface area contributed by atoms with Crippen LogP contribution in [0.5, 0.6) is 5.75 Å². The van der Waals surface area contributed by atoms with Crippen LogP contribution in [-0.2, 0) is 11.3 Å². The fraction of sp³-hybridized carbons (Fsp3) is 0.727. The van der Waals surface area contributed by atoms with Gasteiger partial charge in [0.25, 0.3) is 0 Å². The normalized spacial score (nSPS) is 28.8. The number of nitrogens with one attached hydrogen (secondary N) is 1. The van der Waals surface area contributed by atoms with Gasteiger partial charge in [0.1, 0.15) is 12.2 Å². The molecule has 16 heavy (non-hydrogen) atoms. The van der Waals surface area contributed by atoms with Crippen LogP contribution in [0.4, 0.5) is 0 Å². The monoisotopic (exact) mass is 225 g/mol. The summed E-state index contributed by atoms with van der Waals surface area (Å²) in [5, 5.41) is 7.38. The van der Waals surface area contributed by atoms with Gasteiger partial charge in [-0.05, 0) is 14.0 Å². The standard InChI is InChI=1S/C11H19N3O2/c1-4-14-7-8(6-13-14)16-10-5-9(12-2)11(10)15-3/h6-7,9-12H,4-5H2,1-3H3. The molecule has 1 aliphatic carbocycles. The van der Waals surface area contributed by atoms with Gasteiger partial charge in [0.05, 0.1) is 12.4 Å². The highest BCUT2D eigenvalue weighted by Crippen LogP contribution is 2.28. The number of likely N-dealkylation sites (N-methyl/N-ethyl adjacent to an activating group) is 1. The zero-order valence-electron chi connectivity index (χ0n) is 10.0. The van der Waals surface area contributed by atoms with E-state index in [2.05, 4.69) is 17.3 Å². The Morgan fingerprint density at radius 2 is 2.44 bits per heavy atom. The summed E-state index contributed by atoms with van der Waals surface area (Å²) in [6, 6.07) is 0.399. The van der Waals surface area contributed by atoms with E-state index in [0.717, 1.165) is 18.7 Å². The summed E-state index contributed by atoms with van der Waals surface area (Å²) >= 11 is 0. The van der Waals surface area contributed by atoms with Crippen LogP contribution in [0.1, 0.15) is 13.3 Å². The molecule has 0 aliphatic heterocycles. The zero-order chi connectivity index (χ0) is 11.5. The van der Waals surface area contributed by atoms with E-state index >= 15 is 0 Å². The van der Waals surface area contributed by atoms with Gasteiger partial charge in [-0.1, -0.05) is 0 Å². The van der Waals surface area contributed by atoms with Gasteiger partial charge < -0.3 is 14.8 Å². The number of ether oxygens (including phenoxy) is 2. The molecule has 1 aromatic rings. The van der Waals surface area contributed by atoms with Crippen molar-refractivity contribution in [2.24, 2.45) is 0 Å². The van der Waals surface area contributed by atoms with Crippen LogP contribution in [0.2, 0.25) is 0 Å². The summed E-state index contributed by atoms with van der Waals surface area (Å²) in [4.78, 5) is 0. The summed E-state index contributed by atoms with van der Waals surface area (Å²) in [5.74, 6) is 0.823. The average Bonchev–Trinajstić information content (AvgIpc) is 2.72. The van der Waals surface area contributed by atoms with Crippen molar-refractivity contribution in [1.82, 2.24) is 15.1 Å². The molecule has 5 heteroatoms. The topological polar surface area (TPSA) is 48.3 Å². The molecule has 0 aromatic carbocycles. The lowest BCUT2D eigenvalue weighted by atomic mass is 9.85. The van der Waals surface area contributed by atoms with Gasteiger partial charge in [0.15, 0.2) is 5.75 Å². The number of rotatable bonds is 5. The van der Waals surface area contributed by atoms with E-state index in [0.29, 0.717) is 6.04 Å². The second-order valence-electron chi connectivity index (χ2n) is 4.02. The predicted molar refractivity (Wildman–Crippen MR) is 60.6 cm³/mol. The van der Waals surface area contributed by atoms with E-state index in [9.17, 15) is 0 Å². The molecule has 1 saturated carbocycles. The largest absolute Gasteiger partial charge is 0.484 e. The minimum atomic E-state index is 0.134. The number of methoxy groups -OCH3 is 1. The Morgan fingerprint density at radius 3 is 3.00 bits per heavy atom. The third-order valence-corrected chi connectivity index (χ3v) is 3.11. The summed E-state index contributed by atoms with van der Waals surface area (Å²) in [6.07, 6.45) is 4.92. The second-order valence-corrected chi connectivity index (χ2v) is 4.02. The van der Waals surface area contributed by atoms with Crippen molar-refractivity contribution in [3.63, 3.8) is 0 Å². The zero-order valence-corrected chi connectivity index (χ0v) is 10.0. The Morgan fingerprint density at radius 1 is 1.62 bits per heavy atom. The second kappa shape index (κ2) is 4.84. The van der Waals surface area contributed by atoms with Crippen LogP contribution < -0.4 is 10.1 Å². The van der Waals surface area contributed by atoms with E-state index in [1.165, 1.54) is 0 Å². The molecule has 0 amide bonds. The van der Waals surface area contributed by atoms with E-state index in [-0.39, 0.29) is 12.2 Å². The summed E-state index contributed by atoms with van der Waals surface area (Å²) < 4.78 is 13.1. The van der Waals surface area contributed by atoms with E-state index < -0.39 is 0 Å². The van der Waals surface area contributed by atoms with Crippen molar-refractivity contribution < 1.29 is 9.47 Å². The van der Waals surface area contributed by atoms with E-state index in [1.54, 1.807) is 13.3 Å². The van der Waals surface area contributed by atoms with Crippen molar-refractivity contribution in [2.45, 2.75) is 38.1 Å². The Labute approximate surface area is 95.7 Å². The molecular weight excluding hydrogens is 206 g/mol.